The largest absolute Gasteiger partial charge is 0.356 e. The lowest BCUT2D eigenvalue weighted by molar-refractivity contribution is -0.116. The molecule has 6 nitrogen and oxygen atoms in total. The van der Waals surface area contributed by atoms with Crippen molar-refractivity contribution in [1.82, 2.24) is 15.6 Å². The van der Waals surface area contributed by atoms with E-state index in [0.29, 0.717) is 41.3 Å². The van der Waals surface area contributed by atoms with E-state index in [1.165, 1.54) is 0 Å². The maximum atomic E-state index is 12.1. The highest BCUT2D eigenvalue weighted by Gasteiger charge is 2.06. The Labute approximate surface area is 169 Å². The zero-order valence-corrected chi connectivity index (χ0v) is 16.9. The van der Waals surface area contributed by atoms with Gasteiger partial charge in [-0.25, -0.2) is 4.98 Å². The number of nitrogens with one attached hydrogen (secondary N) is 3. The molecule has 3 N–H and O–H groups in total. The van der Waals surface area contributed by atoms with Gasteiger partial charge in [-0.2, -0.15) is 0 Å². The minimum absolute atomic E-state index is 0.115. The zero-order chi connectivity index (χ0) is 19.6. The van der Waals surface area contributed by atoms with Gasteiger partial charge in [0.1, 0.15) is 5.15 Å². The number of hydrogen-bond acceptors (Lipinski definition) is 3. The number of pyridine rings is 1. The van der Waals surface area contributed by atoms with Crippen molar-refractivity contribution in [2.45, 2.75) is 19.8 Å². The molecule has 1 aromatic carbocycles. The third-order valence-electron chi connectivity index (χ3n) is 3.76. The van der Waals surface area contributed by atoms with Crippen molar-refractivity contribution in [2.75, 3.05) is 25.5 Å². The number of halogens is 2. The average molecular weight is 408 g/mol. The molecule has 0 atom stereocenters. The number of benzene rings is 1. The number of hydrogen-bond donors (Lipinski definition) is 3. The summed E-state index contributed by atoms with van der Waals surface area (Å²) in [5.41, 5.74) is 2.74. The highest BCUT2D eigenvalue weighted by molar-refractivity contribution is 6.33. The van der Waals surface area contributed by atoms with Crippen LogP contribution in [0.25, 0.3) is 0 Å². The SMILES string of the molecule is CN=C(NCCC(=O)Nc1ccc(C)cc1Cl)NCCc1ccc(Cl)nc1. The van der Waals surface area contributed by atoms with Crippen LogP contribution in [0.4, 0.5) is 5.69 Å². The van der Waals surface area contributed by atoms with Gasteiger partial charge in [-0.15, -0.1) is 0 Å². The van der Waals surface area contributed by atoms with E-state index < -0.39 is 0 Å². The Morgan fingerprint density at radius 1 is 1.15 bits per heavy atom. The summed E-state index contributed by atoms with van der Waals surface area (Å²) in [5.74, 6) is 0.522. The molecule has 0 aliphatic heterocycles. The molecule has 0 aliphatic rings. The van der Waals surface area contributed by atoms with Gasteiger partial charge in [0.15, 0.2) is 5.96 Å². The van der Waals surface area contributed by atoms with Gasteiger partial charge in [-0.05, 0) is 42.7 Å². The number of carbonyl (C=O) groups excluding carboxylic acids is 1. The normalized spacial score (nSPS) is 11.2. The fraction of sp³-hybridized carbons (Fsp3) is 0.316. The van der Waals surface area contributed by atoms with Crippen molar-refractivity contribution in [2.24, 2.45) is 4.99 Å². The van der Waals surface area contributed by atoms with Crippen molar-refractivity contribution < 1.29 is 4.79 Å². The van der Waals surface area contributed by atoms with Crippen LogP contribution in [0.1, 0.15) is 17.5 Å². The van der Waals surface area contributed by atoms with Crippen molar-refractivity contribution in [3.8, 4) is 0 Å². The Morgan fingerprint density at radius 3 is 2.59 bits per heavy atom. The van der Waals surface area contributed by atoms with E-state index in [2.05, 4.69) is 25.9 Å². The first-order chi connectivity index (χ1) is 13.0. The number of aromatic nitrogens is 1. The summed E-state index contributed by atoms with van der Waals surface area (Å²) in [6.07, 6.45) is 2.84. The number of anilines is 1. The lowest BCUT2D eigenvalue weighted by Gasteiger charge is -2.12. The Hall–Kier alpha value is -2.31. The van der Waals surface area contributed by atoms with Gasteiger partial charge in [0, 0.05) is 32.8 Å². The van der Waals surface area contributed by atoms with Gasteiger partial charge in [0.25, 0.3) is 0 Å². The van der Waals surface area contributed by atoms with Crippen molar-refractivity contribution in [3.63, 3.8) is 0 Å². The standard InChI is InChI=1S/C19H23Cl2N5O/c1-13-3-5-16(15(20)11-13)26-18(27)8-10-24-19(22-2)23-9-7-14-4-6-17(21)25-12-14/h3-6,11-12H,7-10H2,1-2H3,(H,26,27)(H2,22,23,24). The monoisotopic (exact) mass is 407 g/mol. The van der Waals surface area contributed by atoms with Crippen molar-refractivity contribution >= 4 is 40.8 Å². The summed E-state index contributed by atoms with van der Waals surface area (Å²) in [6, 6.07) is 9.23. The molecule has 2 rings (SSSR count). The first-order valence-electron chi connectivity index (χ1n) is 8.59. The molecule has 1 heterocycles. The van der Waals surface area contributed by atoms with Crippen LogP contribution in [0.5, 0.6) is 0 Å². The van der Waals surface area contributed by atoms with Crippen LogP contribution in [-0.2, 0) is 11.2 Å². The van der Waals surface area contributed by atoms with Gasteiger partial charge < -0.3 is 16.0 Å². The Kier molecular flexibility index (Phi) is 8.36. The maximum absolute atomic E-state index is 12.1. The van der Waals surface area contributed by atoms with Gasteiger partial charge in [-0.1, -0.05) is 35.3 Å². The minimum atomic E-state index is -0.115. The van der Waals surface area contributed by atoms with Gasteiger partial charge in [-0.3, -0.25) is 9.79 Å². The van der Waals surface area contributed by atoms with E-state index in [4.69, 9.17) is 23.2 Å². The molecule has 0 fully saturated rings. The van der Waals surface area contributed by atoms with Crippen LogP contribution in [0, 0.1) is 6.92 Å². The molecule has 0 spiro atoms. The molecular formula is C19H23Cl2N5O. The number of carbonyl (C=O) groups is 1. The lowest BCUT2D eigenvalue weighted by atomic mass is 10.2. The maximum Gasteiger partial charge on any atom is 0.226 e. The second-order valence-corrected chi connectivity index (χ2v) is 6.74. The molecule has 144 valence electrons. The molecule has 0 saturated carbocycles. The summed E-state index contributed by atoms with van der Waals surface area (Å²) in [4.78, 5) is 20.3. The number of rotatable bonds is 7. The second kappa shape index (κ2) is 10.7. The molecule has 0 bridgehead atoms. The van der Waals surface area contributed by atoms with Crippen LogP contribution in [0.15, 0.2) is 41.5 Å². The molecule has 8 heteroatoms. The molecule has 1 amide bonds. The summed E-state index contributed by atoms with van der Waals surface area (Å²) >= 11 is 11.9. The third kappa shape index (κ3) is 7.45. The Bertz CT molecular complexity index is 793. The van der Waals surface area contributed by atoms with Crippen molar-refractivity contribution in [1.29, 1.82) is 0 Å². The summed E-state index contributed by atoms with van der Waals surface area (Å²) < 4.78 is 0. The number of guanidine groups is 1. The lowest BCUT2D eigenvalue weighted by Crippen LogP contribution is -2.39. The van der Waals surface area contributed by atoms with Crippen LogP contribution < -0.4 is 16.0 Å². The summed E-state index contributed by atoms with van der Waals surface area (Å²) in [7, 11) is 1.69. The number of aliphatic imine (C=N–C) groups is 1. The smallest absolute Gasteiger partial charge is 0.226 e. The number of amides is 1. The minimum Gasteiger partial charge on any atom is -0.356 e. The van der Waals surface area contributed by atoms with Crippen LogP contribution in [0.2, 0.25) is 10.2 Å². The topological polar surface area (TPSA) is 78.4 Å². The molecule has 0 radical (unpaired) electrons. The van der Waals surface area contributed by atoms with E-state index >= 15 is 0 Å². The molecule has 0 aliphatic carbocycles. The van der Waals surface area contributed by atoms with E-state index in [0.717, 1.165) is 17.5 Å². The second-order valence-electron chi connectivity index (χ2n) is 5.95. The fourth-order valence-electron chi connectivity index (χ4n) is 2.33. The fourth-order valence-corrected chi connectivity index (χ4v) is 2.72. The van der Waals surface area contributed by atoms with Crippen molar-refractivity contribution in [3.05, 3.63) is 57.8 Å². The first-order valence-corrected chi connectivity index (χ1v) is 9.34. The summed E-state index contributed by atoms with van der Waals surface area (Å²) in [5, 5.41) is 10.1. The molecular weight excluding hydrogens is 385 g/mol. The Balaban J connectivity index is 1.69. The van der Waals surface area contributed by atoms with Crippen LogP contribution in [0.3, 0.4) is 0 Å². The average Bonchev–Trinajstić information content (AvgIpc) is 2.64. The molecule has 0 unspecified atom stereocenters. The number of aryl methyl sites for hydroxylation is 1. The van der Waals surface area contributed by atoms with E-state index in [1.807, 2.05) is 25.1 Å². The van der Waals surface area contributed by atoms with E-state index in [9.17, 15) is 4.79 Å². The van der Waals surface area contributed by atoms with Gasteiger partial charge >= 0.3 is 0 Å². The zero-order valence-electron chi connectivity index (χ0n) is 15.4. The summed E-state index contributed by atoms with van der Waals surface area (Å²) in [6.45, 7) is 3.09. The third-order valence-corrected chi connectivity index (χ3v) is 4.30. The quantitative estimate of drug-likeness (QED) is 0.373. The predicted molar refractivity (Wildman–Crippen MR) is 112 cm³/mol. The van der Waals surface area contributed by atoms with E-state index in [1.54, 1.807) is 25.4 Å². The molecule has 2 aromatic rings. The van der Waals surface area contributed by atoms with Gasteiger partial charge in [0.2, 0.25) is 5.91 Å². The first kappa shape index (κ1) is 21.0. The molecule has 27 heavy (non-hydrogen) atoms. The molecule has 1 aromatic heterocycles. The van der Waals surface area contributed by atoms with Crippen LogP contribution in [-0.4, -0.2) is 37.0 Å². The van der Waals surface area contributed by atoms with E-state index in [-0.39, 0.29) is 5.91 Å². The number of nitrogens with zero attached hydrogens (tertiary/aromatic N) is 2. The highest BCUT2D eigenvalue weighted by atomic mass is 35.5. The van der Waals surface area contributed by atoms with Crippen LogP contribution >= 0.6 is 23.2 Å². The Morgan fingerprint density at radius 2 is 1.93 bits per heavy atom. The predicted octanol–water partition coefficient (Wildman–Crippen LogP) is 3.43. The van der Waals surface area contributed by atoms with Gasteiger partial charge in [0.05, 0.1) is 10.7 Å². The highest BCUT2D eigenvalue weighted by Crippen LogP contribution is 2.22. The molecule has 0 saturated heterocycles.